The van der Waals surface area contributed by atoms with Gasteiger partial charge in [0.15, 0.2) is 0 Å². The van der Waals surface area contributed by atoms with Crippen LogP contribution in [-0.2, 0) is 29.8 Å². The minimum absolute atomic E-state index is 0. The van der Waals surface area contributed by atoms with Crippen molar-refractivity contribution in [3.8, 4) is 0 Å². The van der Waals surface area contributed by atoms with Crippen molar-refractivity contribution >= 4 is 35.0 Å². The van der Waals surface area contributed by atoms with Gasteiger partial charge in [0, 0.05) is 19.5 Å². The van der Waals surface area contributed by atoms with Crippen LogP contribution >= 0.6 is 12.4 Å². The third kappa shape index (κ3) is 4.08. The fraction of sp³-hybridized carbons (Fsp3) is 0.391. The average Bonchev–Trinajstić information content (AvgIpc) is 3.43. The van der Waals surface area contributed by atoms with E-state index in [0.29, 0.717) is 41.9 Å². The van der Waals surface area contributed by atoms with E-state index in [4.69, 9.17) is 5.73 Å². The number of aryl methyl sites for hydroxylation is 1. The van der Waals surface area contributed by atoms with Crippen molar-refractivity contribution in [2.45, 2.75) is 56.9 Å². The van der Waals surface area contributed by atoms with E-state index >= 15 is 0 Å². The summed E-state index contributed by atoms with van der Waals surface area (Å²) in [7, 11) is 0. The SMILES string of the molecule is Cl.NCc1ccc2c(c1)nc(CN1C(=O)C3(CC3)c3ccc(F)cc31)n2CCCC(F)(F)F. The van der Waals surface area contributed by atoms with Gasteiger partial charge in [0.1, 0.15) is 11.6 Å². The summed E-state index contributed by atoms with van der Waals surface area (Å²) < 4.78 is 54.0. The van der Waals surface area contributed by atoms with Crippen molar-refractivity contribution in [3.63, 3.8) is 0 Å². The highest BCUT2D eigenvalue weighted by Gasteiger charge is 2.59. The number of nitrogens with two attached hydrogens (primary N) is 1. The predicted molar refractivity (Wildman–Crippen MR) is 119 cm³/mol. The molecule has 3 aromatic rings. The van der Waals surface area contributed by atoms with E-state index in [0.717, 1.165) is 11.1 Å². The molecule has 33 heavy (non-hydrogen) atoms. The van der Waals surface area contributed by atoms with Gasteiger partial charge in [0.05, 0.1) is 28.7 Å². The van der Waals surface area contributed by atoms with Gasteiger partial charge >= 0.3 is 6.18 Å². The zero-order chi connectivity index (χ0) is 22.7. The lowest BCUT2D eigenvalue weighted by molar-refractivity contribution is -0.135. The van der Waals surface area contributed by atoms with Gasteiger partial charge in [-0.05, 0) is 54.7 Å². The molecule has 1 spiro atoms. The normalized spacial score (nSPS) is 16.4. The van der Waals surface area contributed by atoms with Crippen molar-refractivity contribution in [1.82, 2.24) is 9.55 Å². The van der Waals surface area contributed by atoms with Gasteiger partial charge in [-0.2, -0.15) is 13.2 Å². The number of fused-ring (bicyclic) bond motifs is 3. The topological polar surface area (TPSA) is 64.2 Å². The lowest BCUT2D eigenvalue weighted by Gasteiger charge is -2.19. The maximum atomic E-state index is 14.0. The Labute approximate surface area is 194 Å². The number of nitrogens with zero attached hydrogens (tertiary/aromatic N) is 3. The molecule has 2 aromatic carbocycles. The largest absolute Gasteiger partial charge is 0.389 e. The Morgan fingerprint density at radius 2 is 1.88 bits per heavy atom. The molecule has 5 rings (SSSR count). The number of hydrogen-bond donors (Lipinski definition) is 1. The summed E-state index contributed by atoms with van der Waals surface area (Å²) in [5.41, 5.74) is 8.61. The molecule has 2 aliphatic rings. The highest BCUT2D eigenvalue weighted by Crippen LogP contribution is 2.57. The number of carbonyl (C=O) groups is 1. The molecule has 0 saturated heterocycles. The molecular formula is C23H23ClF4N4O. The minimum Gasteiger partial charge on any atom is -0.326 e. The monoisotopic (exact) mass is 482 g/mol. The van der Waals surface area contributed by atoms with Crippen molar-refractivity contribution in [2.24, 2.45) is 5.73 Å². The molecular weight excluding hydrogens is 460 g/mol. The number of benzene rings is 2. The fourth-order valence-corrected chi connectivity index (χ4v) is 4.68. The number of anilines is 1. The number of hydrogen-bond acceptors (Lipinski definition) is 3. The van der Waals surface area contributed by atoms with E-state index in [9.17, 15) is 22.4 Å². The maximum absolute atomic E-state index is 14.0. The van der Waals surface area contributed by atoms with Crippen molar-refractivity contribution < 1.29 is 22.4 Å². The van der Waals surface area contributed by atoms with Crippen molar-refractivity contribution in [1.29, 1.82) is 0 Å². The van der Waals surface area contributed by atoms with Crippen LogP contribution in [-0.4, -0.2) is 21.6 Å². The number of rotatable bonds is 6. The minimum atomic E-state index is -4.25. The molecule has 1 amide bonds. The lowest BCUT2D eigenvalue weighted by Crippen LogP contribution is -2.32. The van der Waals surface area contributed by atoms with Crippen LogP contribution in [0.15, 0.2) is 36.4 Å². The van der Waals surface area contributed by atoms with Crippen LogP contribution in [0.3, 0.4) is 0 Å². The summed E-state index contributed by atoms with van der Waals surface area (Å²) in [6.45, 7) is 0.484. The third-order valence-corrected chi connectivity index (χ3v) is 6.44. The first-order valence-corrected chi connectivity index (χ1v) is 10.6. The van der Waals surface area contributed by atoms with Crippen molar-refractivity contribution in [2.75, 3.05) is 4.90 Å². The van der Waals surface area contributed by atoms with Crippen LogP contribution < -0.4 is 10.6 Å². The van der Waals surface area contributed by atoms with Gasteiger partial charge in [0.2, 0.25) is 5.91 Å². The molecule has 2 heterocycles. The molecule has 1 fully saturated rings. The Morgan fingerprint density at radius 3 is 2.55 bits per heavy atom. The Kier molecular flexibility index (Phi) is 5.90. The molecule has 0 bridgehead atoms. The number of alkyl halides is 3. The first-order chi connectivity index (χ1) is 15.2. The van der Waals surface area contributed by atoms with E-state index in [-0.39, 0.29) is 37.8 Å². The molecule has 0 atom stereocenters. The molecule has 1 aromatic heterocycles. The van der Waals surface area contributed by atoms with Gasteiger partial charge in [-0.15, -0.1) is 12.4 Å². The molecule has 176 valence electrons. The maximum Gasteiger partial charge on any atom is 0.389 e. The zero-order valence-electron chi connectivity index (χ0n) is 17.7. The molecule has 2 N–H and O–H groups in total. The number of imidazole rings is 1. The van der Waals surface area contributed by atoms with Crippen LogP contribution in [0, 0.1) is 5.82 Å². The molecule has 1 aliphatic carbocycles. The lowest BCUT2D eigenvalue weighted by atomic mass is 9.98. The van der Waals surface area contributed by atoms with Gasteiger partial charge in [-0.1, -0.05) is 12.1 Å². The highest BCUT2D eigenvalue weighted by atomic mass is 35.5. The first-order valence-electron chi connectivity index (χ1n) is 10.6. The van der Waals surface area contributed by atoms with E-state index in [2.05, 4.69) is 4.98 Å². The molecule has 1 aliphatic heterocycles. The number of amides is 1. The molecule has 0 radical (unpaired) electrons. The second-order valence-electron chi connectivity index (χ2n) is 8.56. The second-order valence-corrected chi connectivity index (χ2v) is 8.56. The smallest absolute Gasteiger partial charge is 0.326 e. The quantitative estimate of drug-likeness (QED) is 0.504. The summed E-state index contributed by atoms with van der Waals surface area (Å²) in [6, 6.07) is 9.79. The van der Waals surface area contributed by atoms with E-state index in [1.165, 1.54) is 17.0 Å². The molecule has 10 heteroatoms. The Bertz CT molecular complexity index is 1220. The van der Waals surface area contributed by atoms with Gasteiger partial charge < -0.3 is 15.2 Å². The van der Waals surface area contributed by atoms with Gasteiger partial charge in [0.25, 0.3) is 0 Å². The summed E-state index contributed by atoms with van der Waals surface area (Å²) in [5, 5.41) is 0. The third-order valence-electron chi connectivity index (χ3n) is 6.44. The number of carbonyl (C=O) groups excluding carboxylic acids is 1. The predicted octanol–water partition coefficient (Wildman–Crippen LogP) is 4.98. The molecule has 0 unspecified atom stereocenters. The summed E-state index contributed by atoms with van der Waals surface area (Å²) in [4.78, 5) is 19.4. The van der Waals surface area contributed by atoms with Crippen molar-refractivity contribution in [3.05, 3.63) is 59.2 Å². The molecule has 5 nitrogen and oxygen atoms in total. The van der Waals surface area contributed by atoms with E-state index in [1.807, 2.05) is 6.07 Å². The van der Waals surface area contributed by atoms with Crippen LogP contribution in [0.25, 0.3) is 11.0 Å². The van der Waals surface area contributed by atoms with E-state index < -0.39 is 23.8 Å². The second kappa shape index (κ2) is 8.29. The number of halogens is 5. The van der Waals surface area contributed by atoms with Crippen LogP contribution in [0.1, 0.15) is 42.6 Å². The fourth-order valence-electron chi connectivity index (χ4n) is 4.68. The molecule has 1 saturated carbocycles. The van der Waals surface area contributed by atoms with Gasteiger partial charge in [-0.25, -0.2) is 9.37 Å². The standard InChI is InChI=1S/C23H22F4N4O.ClH/c24-15-3-4-16-19(11-15)31(21(32)22(16)7-8-22)13-20-29-17-10-14(12-28)2-5-18(17)30(20)9-1-6-23(25,26)27;/h2-5,10-11H,1,6-9,12-13,28H2;1H. The van der Waals surface area contributed by atoms with Crippen LogP contribution in [0.2, 0.25) is 0 Å². The zero-order valence-corrected chi connectivity index (χ0v) is 18.5. The summed E-state index contributed by atoms with van der Waals surface area (Å²) >= 11 is 0. The average molecular weight is 483 g/mol. The van der Waals surface area contributed by atoms with Gasteiger partial charge in [-0.3, -0.25) is 4.79 Å². The first kappa shape index (κ1) is 23.5. The summed E-state index contributed by atoms with van der Waals surface area (Å²) in [6.07, 6.45) is -3.84. The Morgan fingerprint density at radius 1 is 1.12 bits per heavy atom. The number of aromatic nitrogens is 2. The summed E-state index contributed by atoms with van der Waals surface area (Å²) in [5.74, 6) is -0.0715. The van der Waals surface area contributed by atoms with Crippen LogP contribution in [0.4, 0.5) is 23.2 Å². The Hall–Kier alpha value is -2.65. The highest BCUT2D eigenvalue weighted by molar-refractivity contribution is 6.10. The van der Waals surface area contributed by atoms with E-state index in [1.54, 1.807) is 22.8 Å². The van der Waals surface area contributed by atoms with Crippen LogP contribution in [0.5, 0.6) is 0 Å². The Balaban J connectivity index is 0.00000259.